The second-order valence-corrected chi connectivity index (χ2v) is 5.65. The van der Waals surface area contributed by atoms with Crippen LogP contribution in [0.1, 0.15) is 32.3 Å². The molecule has 24 heavy (non-hydrogen) atoms. The van der Waals surface area contributed by atoms with Crippen molar-refractivity contribution in [2.45, 2.75) is 39.5 Å². The molecule has 0 bridgehead atoms. The molecule has 0 heterocycles. The van der Waals surface area contributed by atoms with Crippen molar-refractivity contribution in [3.8, 4) is 0 Å². The minimum Gasteiger partial charge on any atom is -0.457 e. The Hall–Kier alpha value is -1.69. The fraction of sp³-hybridized carbons (Fsp3) is 0.471. The van der Waals surface area contributed by atoms with E-state index in [9.17, 15) is 18.0 Å². The molecule has 1 aromatic carbocycles. The standard InChI is InChI=1S/C17H21ClF3NO2/c1-3-9-22(10-4-2)11-14(17(19,20)21)16(23)24-12-13-7-5-6-8-15(13)18/h5-8,11H,3-4,9-10,12H2,1-2H3/b14-11+. The number of hydrogen-bond acceptors (Lipinski definition) is 3. The van der Waals surface area contributed by atoms with E-state index in [-0.39, 0.29) is 6.61 Å². The van der Waals surface area contributed by atoms with Crippen LogP contribution in [-0.4, -0.2) is 30.1 Å². The Kier molecular flexibility index (Phi) is 8.11. The van der Waals surface area contributed by atoms with Gasteiger partial charge in [0, 0.05) is 29.9 Å². The molecule has 0 aliphatic carbocycles. The van der Waals surface area contributed by atoms with Crippen molar-refractivity contribution < 1.29 is 22.7 Å². The van der Waals surface area contributed by atoms with Crippen LogP contribution in [0.2, 0.25) is 5.02 Å². The maximum absolute atomic E-state index is 13.2. The van der Waals surface area contributed by atoms with Crippen molar-refractivity contribution >= 4 is 17.6 Å². The second kappa shape index (κ2) is 9.57. The first-order chi connectivity index (χ1) is 11.3. The minimum absolute atomic E-state index is 0.312. The van der Waals surface area contributed by atoms with Crippen LogP contribution in [0.3, 0.4) is 0 Å². The predicted octanol–water partition coefficient (Wildman–Crippen LogP) is 4.95. The van der Waals surface area contributed by atoms with E-state index in [1.54, 1.807) is 24.3 Å². The molecule has 0 atom stereocenters. The highest BCUT2D eigenvalue weighted by Crippen LogP contribution is 2.28. The van der Waals surface area contributed by atoms with Gasteiger partial charge < -0.3 is 9.64 Å². The topological polar surface area (TPSA) is 29.5 Å². The van der Waals surface area contributed by atoms with E-state index in [4.69, 9.17) is 16.3 Å². The minimum atomic E-state index is -4.78. The van der Waals surface area contributed by atoms with E-state index >= 15 is 0 Å². The molecule has 1 rings (SSSR count). The molecular formula is C17H21ClF3NO2. The number of halogens is 4. The van der Waals surface area contributed by atoms with Gasteiger partial charge in [-0.15, -0.1) is 0 Å². The largest absolute Gasteiger partial charge is 0.457 e. The van der Waals surface area contributed by atoms with Crippen molar-refractivity contribution in [2.75, 3.05) is 13.1 Å². The normalized spacial score (nSPS) is 12.2. The first kappa shape index (κ1) is 20.4. The molecule has 0 radical (unpaired) electrons. The molecule has 134 valence electrons. The molecule has 0 unspecified atom stereocenters. The summed E-state index contributed by atoms with van der Waals surface area (Å²) in [5.74, 6) is -1.40. The number of rotatable bonds is 8. The molecule has 0 N–H and O–H groups in total. The lowest BCUT2D eigenvalue weighted by molar-refractivity contribution is -0.152. The van der Waals surface area contributed by atoms with Gasteiger partial charge in [0.25, 0.3) is 0 Å². The molecule has 0 saturated carbocycles. The molecule has 0 aromatic heterocycles. The first-order valence-electron chi connectivity index (χ1n) is 7.73. The van der Waals surface area contributed by atoms with Crippen LogP contribution < -0.4 is 0 Å². The molecule has 0 aliphatic rings. The van der Waals surface area contributed by atoms with Crippen molar-refractivity contribution in [1.82, 2.24) is 4.90 Å². The van der Waals surface area contributed by atoms with Crippen LogP contribution >= 0.6 is 11.6 Å². The van der Waals surface area contributed by atoms with Crippen molar-refractivity contribution in [2.24, 2.45) is 0 Å². The Morgan fingerprint density at radius 2 is 1.79 bits per heavy atom. The SMILES string of the molecule is CCCN(/C=C(\C(=O)OCc1ccccc1Cl)C(F)(F)F)CCC. The lowest BCUT2D eigenvalue weighted by Crippen LogP contribution is -2.28. The summed E-state index contributed by atoms with van der Waals surface area (Å²) < 4.78 is 44.4. The molecule has 7 heteroatoms. The van der Waals surface area contributed by atoms with Crippen molar-refractivity contribution in [3.63, 3.8) is 0 Å². The molecule has 0 amide bonds. The zero-order chi connectivity index (χ0) is 18.2. The smallest absolute Gasteiger partial charge is 0.424 e. The Balaban J connectivity index is 2.91. The summed E-state index contributed by atoms with van der Waals surface area (Å²) in [4.78, 5) is 13.4. The Bertz CT molecular complexity index is 567. The molecule has 0 aliphatic heterocycles. The van der Waals surface area contributed by atoms with Gasteiger partial charge in [-0.1, -0.05) is 43.6 Å². The number of carbonyl (C=O) groups excluding carboxylic acids is 1. The number of alkyl halides is 3. The molecule has 0 fully saturated rings. The highest BCUT2D eigenvalue weighted by molar-refractivity contribution is 6.31. The van der Waals surface area contributed by atoms with Gasteiger partial charge in [0.1, 0.15) is 6.61 Å². The number of ether oxygens (including phenoxy) is 1. The van der Waals surface area contributed by atoms with E-state index in [2.05, 4.69) is 0 Å². The number of carbonyl (C=O) groups is 1. The maximum atomic E-state index is 13.2. The van der Waals surface area contributed by atoms with E-state index in [0.29, 0.717) is 36.5 Å². The second-order valence-electron chi connectivity index (χ2n) is 5.24. The number of benzene rings is 1. The monoisotopic (exact) mass is 363 g/mol. The molecule has 1 aromatic rings. The fourth-order valence-corrected chi connectivity index (χ4v) is 2.27. The van der Waals surface area contributed by atoms with Crippen LogP contribution in [-0.2, 0) is 16.1 Å². The Labute approximate surface area is 145 Å². The van der Waals surface area contributed by atoms with E-state index in [0.717, 1.165) is 6.20 Å². The van der Waals surface area contributed by atoms with Crippen LogP contribution in [0.5, 0.6) is 0 Å². The molecule has 3 nitrogen and oxygen atoms in total. The van der Waals surface area contributed by atoms with Crippen molar-refractivity contribution in [3.05, 3.63) is 46.6 Å². The van der Waals surface area contributed by atoms with Crippen LogP contribution in [0.25, 0.3) is 0 Å². The van der Waals surface area contributed by atoms with Gasteiger partial charge in [0.15, 0.2) is 5.57 Å². The van der Waals surface area contributed by atoms with Crippen LogP contribution in [0.4, 0.5) is 13.2 Å². The average molecular weight is 364 g/mol. The quantitative estimate of drug-likeness (QED) is 0.483. The first-order valence-corrected chi connectivity index (χ1v) is 8.11. The summed E-state index contributed by atoms with van der Waals surface area (Å²) in [6.07, 6.45) is -2.58. The van der Waals surface area contributed by atoms with Gasteiger partial charge in [-0.25, -0.2) is 4.79 Å². The third-order valence-corrected chi connectivity index (χ3v) is 3.54. The van der Waals surface area contributed by atoms with Crippen molar-refractivity contribution in [1.29, 1.82) is 0 Å². The molecule has 0 saturated heterocycles. The average Bonchev–Trinajstić information content (AvgIpc) is 2.50. The van der Waals surface area contributed by atoms with Gasteiger partial charge in [-0.2, -0.15) is 13.2 Å². The lowest BCUT2D eigenvalue weighted by Gasteiger charge is -2.21. The predicted molar refractivity (Wildman–Crippen MR) is 87.5 cm³/mol. The fourth-order valence-electron chi connectivity index (χ4n) is 2.08. The zero-order valence-corrected chi connectivity index (χ0v) is 14.5. The number of esters is 1. The van der Waals surface area contributed by atoms with Crippen LogP contribution in [0, 0.1) is 0 Å². The Morgan fingerprint density at radius 1 is 1.21 bits per heavy atom. The van der Waals surface area contributed by atoms with Crippen LogP contribution in [0.15, 0.2) is 36.0 Å². The third kappa shape index (κ3) is 6.43. The van der Waals surface area contributed by atoms with Gasteiger partial charge in [0.2, 0.25) is 0 Å². The van der Waals surface area contributed by atoms with E-state index in [1.807, 2.05) is 13.8 Å². The van der Waals surface area contributed by atoms with E-state index < -0.39 is 17.7 Å². The van der Waals surface area contributed by atoms with E-state index in [1.165, 1.54) is 4.90 Å². The molecule has 0 spiro atoms. The number of hydrogen-bond donors (Lipinski definition) is 0. The van der Waals surface area contributed by atoms with Gasteiger partial charge in [-0.05, 0) is 18.9 Å². The summed E-state index contributed by atoms with van der Waals surface area (Å²) in [5.41, 5.74) is -0.857. The van der Waals surface area contributed by atoms with Gasteiger partial charge in [-0.3, -0.25) is 0 Å². The summed E-state index contributed by atoms with van der Waals surface area (Å²) in [6, 6.07) is 6.52. The summed E-state index contributed by atoms with van der Waals surface area (Å²) in [5, 5.41) is 0.335. The zero-order valence-electron chi connectivity index (χ0n) is 13.7. The summed E-state index contributed by atoms with van der Waals surface area (Å²) in [7, 11) is 0. The summed E-state index contributed by atoms with van der Waals surface area (Å²) in [6.45, 7) is 4.28. The Morgan fingerprint density at radius 3 is 2.29 bits per heavy atom. The summed E-state index contributed by atoms with van der Waals surface area (Å²) >= 11 is 5.91. The maximum Gasteiger partial charge on any atom is 0.424 e. The molecular weight excluding hydrogens is 343 g/mol. The third-order valence-electron chi connectivity index (χ3n) is 3.18. The van der Waals surface area contributed by atoms with Gasteiger partial charge in [0.05, 0.1) is 0 Å². The lowest BCUT2D eigenvalue weighted by atomic mass is 10.2. The highest BCUT2D eigenvalue weighted by atomic mass is 35.5. The number of nitrogens with zero attached hydrogens (tertiary/aromatic N) is 1. The van der Waals surface area contributed by atoms with Gasteiger partial charge >= 0.3 is 12.1 Å². The highest BCUT2D eigenvalue weighted by Gasteiger charge is 2.40.